The van der Waals surface area contributed by atoms with Crippen LogP contribution in [0.2, 0.25) is 0 Å². The van der Waals surface area contributed by atoms with Gasteiger partial charge in [0.1, 0.15) is 13.4 Å². The zero-order valence-electron chi connectivity index (χ0n) is 14.2. The molecular weight excluding hydrogens is 318 g/mol. The summed E-state index contributed by atoms with van der Waals surface area (Å²) in [7, 11) is 4.87. The molecule has 25 heavy (non-hydrogen) atoms. The van der Waals surface area contributed by atoms with Crippen LogP contribution in [0, 0.1) is 0 Å². The Labute approximate surface area is 144 Å². The Morgan fingerprint density at radius 2 is 1.64 bits per heavy atom. The Balaban J connectivity index is 2.05. The number of rotatable bonds is 4. The number of benzene rings is 2. The minimum absolute atomic E-state index is 0.638. The van der Waals surface area contributed by atoms with Crippen molar-refractivity contribution in [1.82, 2.24) is 14.7 Å². The summed E-state index contributed by atoms with van der Waals surface area (Å²) in [6.07, 6.45) is 3.49. The fourth-order valence-electron chi connectivity index (χ4n) is 3.09. The maximum atomic E-state index is 5.45. The quantitative estimate of drug-likeness (QED) is 0.572. The molecule has 0 saturated carbocycles. The Morgan fingerprint density at radius 3 is 2.40 bits per heavy atom. The fourth-order valence-corrected chi connectivity index (χ4v) is 3.09. The molecule has 0 unspecified atom stereocenters. The smallest absolute Gasteiger partial charge is 0.162 e. The first-order valence-corrected chi connectivity index (χ1v) is 7.78. The van der Waals surface area contributed by atoms with E-state index in [9.17, 15) is 0 Å². The molecule has 4 rings (SSSR count). The zero-order chi connectivity index (χ0) is 17.4. The lowest BCUT2D eigenvalue weighted by Gasteiger charge is -2.10. The minimum atomic E-state index is 0.638. The van der Waals surface area contributed by atoms with Gasteiger partial charge in [0.25, 0.3) is 0 Å². The summed E-state index contributed by atoms with van der Waals surface area (Å²) in [5.41, 5.74) is 3.55. The van der Waals surface area contributed by atoms with Crippen LogP contribution in [-0.2, 0) is 0 Å². The molecule has 4 aromatic rings. The molecule has 2 aromatic heterocycles. The van der Waals surface area contributed by atoms with Gasteiger partial charge in [-0.1, -0.05) is 18.2 Å². The highest BCUT2D eigenvalue weighted by molar-refractivity contribution is 6.03. The van der Waals surface area contributed by atoms with Crippen molar-refractivity contribution in [1.29, 1.82) is 0 Å². The molecule has 0 aliphatic heterocycles. The molecule has 0 amide bonds. The van der Waals surface area contributed by atoms with Gasteiger partial charge in [-0.2, -0.15) is 4.73 Å². The van der Waals surface area contributed by atoms with Gasteiger partial charge in [-0.05, 0) is 12.1 Å². The molecule has 6 heteroatoms. The molecule has 0 aliphatic rings. The maximum Gasteiger partial charge on any atom is 0.162 e. The molecule has 2 heterocycles. The SMILES string of the molecule is COc1cc2ncnc(-c3cn(OC)c4ccccc34)c2cc1OC. The van der Waals surface area contributed by atoms with E-state index in [0.29, 0.717) is 11.5 Å². The number of fused-ring (bicyclic) bond motifs is 2. The van der Waals surface area contributed by atoms with Gasteiger partial charge in [-0.3, -0.25) is 0 Å². The van der Waals surface area contributed by atoms with Crippen molar-refractivity contribution in [3.05, 3.63) is 48.9 Å². The van der Waals surface area contributed by atoms with E-state index in [-0.39, 0.29) is 0 Å². The van der Waals surface area contributed by atoms with Crippen LogP contribution in [0.1, 0.15) is 0 Å². The van der Waals surface area contributed by atoms with Crippen LogP contribution in [-0.4, -0.2) is 36.0 Å². The second-order valence-electron chi connectivity index (χ2n) is 5.51. The van der Waals surface area contributed by atoms with Gasteiger partial charge in [-0.15, -0.1) is 0 Å². The van der Waals surface area contributed by atoms with Gasteiger partial charge >= 0.3 is 0 Å². The Hall–Kier alpha value is -3.28. The Morgan fingerprint density at radius 1 is 0.880 bits per heavy atom. The summed E-state index contributed by atoms with van der Waals surface area (Å²) in [6.45, 7) is 0. The van der Waals surface area contributed by atoms with E-state index >= 15 is 0 Å². The van der Waals surface area contributed by atoms with Crippen LogP contribution >= 0.6 is 0 Å². The second kappa shape index (κ2) is 5.98. The van der Waals surface area contributed by atoms with Crippen molar-refractivity contribution in [3.63, 3.8) is 0 Å². The van der Waals surface area contributed by atoms with Gasteiger partial charge < -0.3 is 14.3 Å². The van der Waals surface area contributed by atoms with Gasteiger partial charge in [0.2, 0.25) is 0 Å². The summed E-state index contributed by atoms with van der Waals surface area (Å²) < 4.78 is 12.5. The number of aromatic nitrogens is 3. The van der Waals surface area contributed by atoms with Gasteiger partial charge in [0.15, 0.2) is 11.5 Å². The highest BCUT2D eigenvalue weighted by Crippen LogP contribution is 2.37. The van der Waals surface area contributed by atoms with Crippen LogP contribution in [0.15, 0.2) is 48.9 Å². The summed E-state index contributed by atoms with van der Waals surface area (Å²) in [4.78, 5) is 14.4. The number of para-hydroxylation sites is 1. The number of methoxy groups -OCH3 is 2. The first kappa shape index (κ1) is 15.3. The van der Waals surface area contributed by atoms with Crippen molar-refractivity contribution >= 4 is 21.8 Å². The monoisotopic (exact) mass is 335 g/mol. The van der Waals surface area contributed by atoms with Crippen LogP contribution in [0.25, 0.3) is 33.1 Å². The van der Waals surface area contributed by atoms with E-state index < -0.39 is 0 Å². The lowest BCUT2D eigenvalue weighted by molar-refractivity contribution is 0.179. The first-order chi connectivity index (χ1) is 12.3. The second-order valence-corrected chi connectivity index (χ2v) is 5.51. The van der Waals surface area contributed by atoms with Gasteiger partial charge in [0.05, 0.1) is 37.1 Å². The van der Waals surface area contributed by atoms with Crippen molar-refractivity contribution in [2.24, 2.45) is 0 Å². The third-order valence-electron chi connectivity index (χ3n) is 4.27. The van der Waals surface area contributed by atoms with E-state index in [1.807, 2.05) is 36.5 Å². The normalized spacial score (nSPS) is 11.0. The summed E-state index contributed by atoms with van der Waals surface area (Å²) in [5.74, 6) is 1.28. The molecule has 0 saturated heterocycles. The predicted molar refractivity (Wildman–Crippen MR) is 96.1 cm³/mol. The standard InChI is InChI=1S/C19H17N3O3/c1-23-17-8-13-15(9-18(17)24-2)20-11-21-19(13)14-10-22(25-3)16-7-5-4-6-12(14)16/h4-11H,1-3H3. The third-order valence-corrected chi connectivity index (χ3v) is 4.27. The highest BCUT2D eigenvalue weighted by Gasteiger charge is 2.16. The number of hydrogen-bond acceptors (Lipinski definition) is 5. The van der Waals surface area contributed by atoms with E-state index in [4.69, 9.17) is 14.3 Å². The lowest BCUT2D eigenvalue weighted by atomic mass is 10.1. The lowest BCUT2D eigenvalue weighted by Crippen LogP contribution is -2.02. The van der Waals surface area contributed by atoms with Gasteiger partial charge in [-0.25, -0.2) is 9.97 Å². The fraction of sp³-hybridized carbons (Fsp3) is 0.158. The molecule has 0 radical (unpaired) electrons. The molecule has 0 aliphatic carbocycles. The van der Waals surface area contributed by atoms with Crippen LogP contribution in [0.5, 0.6) is 11.5 Å². The summed E-state index contributed by atoms with van der Waals surface area (Å²) in [5, 5.41) is 1.94. The molecule has 0 atom stereocenters. The summed E-state index contributed by atoms with van der Waals surface area (Å²) in [6, 6.07) is 11.8. The Bertz CT molecular complexity index is 1070. The number of nitrogens with zero attached hydrogens (tertiary/aromatic N) is 3. The first-order valence-electron chi connectivity index (χ1n) is 7.78. The molecule has 126 valence electrons. The van der Waals surface area contributed by atoms with Crippen LogP contribution in [0.3, 0.4) is 0 Å². The van der Waals surface area contributed by atoms with E-state index in [2.05, 4.69) is 16.0 Å². The summed E-state index contributed by atoms with van der Waals surface area (Å²) >= 11 is 0. The van der Waals surface area contributed by atoms with Crippen LogP contribution < -0.4 is 14.3 Å². The molecule has 0 N–H and O–H groups in total. The topological polar surface area (TPSA) is 58.4 Å². The van der Waals surface area contributed by atoms with E-state index in [1.165, 1.54) is 0 Å². The van der Waals surface area contributed by atoms with Crippen molar-refractivity contribution in [2.45, 2.75) is 0 Å². The predicted octanol–water partition coefficient (Wildman–Crippen LogP) is 3.33. The average molecular weight is 335 g/mol. The van der Waals surface area contributed by atoms with Gasteiger partial charge in [0, 0.05) is 22.4 Å². The van der Waals surface area contributed by atoms with Crippen molar-refractivity contribution in [2.75, 3.05) is 21.3 Å². The number of hydrogen-bond donors (Lipinski definition) is 0. The molecule has 0 bridgehead atoms. The zero-order valence-corrected chi connectivity index (χ0v) is 14.2. The highest BCUT2D eigenvalue weighted by atomic mass is 16.6. The largest absolute Gasteiger partial charge is 0.493 e. The molecule has 0 fully saturated rings. The van der Waals surface area contributed by atoms with E-state index in [0.717, 1.165) is 33.1 Å². The maximum absolute atomic E-state index is 5.45. The molecule has 0 spiro atoms. The Kier molecular flexibility index (Phi) is 3.65. The van der Waals surface area contributed by atoms with Crippen molar-refractivity contribution < 1.29 is 14.3 Å². The average Bonchev–Trinajstić information content (AvgIpc) is 3.05. The van der Waals surface area contributed by atoms with E-state index in [1.54, 1.807) is 32.4 Å². The molecular formula is C19H17N3O3. The number of ether oxygens (including phenoxy) is 2. The van der Waals surface area contributed by atoms with Crippen LogP contribution in [0.4, 0.5) is 0 Å². The minimum Gasteiger partial charge on any atom is -0.493 e. The van der Waals surface area contributed by atoms with Crippen molar-refractivity contribution in [3.8, 4) is 22.8 Å². The molecule has 2 aromatic carbocycles. The molecule has 6 nitrogen and oxygen atoms in total. The third kappa shape index (κ3) is 2.34.